The minimum Gasteiger partial charge on any atom is -0.478 e. The van der Waals surface area contributed by atoms with Crippen molar-refractivity contribution in [2.24, 2.45) is 0 Å². The van der Waals surface area contributed by atoms with E-state index in [0.29, 0.717) is 11.3 Å². The predicted molar refractivity (Wildman–Crippen MR) is 141 cm³/mol. The Kier molecular flexibility index (Phi) is 6.71. The van der Waals surface area contributed by atoms with Crippen LogP contribution in [0, 0.1) is 17.8 Å². The molecule has 0 radical (unpaired) electrons. The predicted octanol–water partition coefficient (Wildman–Crippen LogP) is 2.65. The Bertz CT molecular complexity index is 2010. The number of carbonyl (C=O) groups is 1. The maximum atomic E-state index is 12.4. The standard InChI is InChI=1S/C25H19N3O9S2/c1-3-10-28-12(2)13-4-5-14(17(11-13)25(29)30)20-15-6-8-18(26)23(38(31,32)33)21(15)37-22-16(20)7-9-19(27)24(22)39(34,35)36/h1,4-9,11,26,28H,2,10,27H2,(H,29,30)(H,31,32,33)(H,34,35,36). The van der Waals surface area contributed by atoms with Crippen molar-refractivity contribution in [1.29, 1.82) is 5.41 Å². The van der Waals surface area contributed by atoms with Crippen molar-refractivity contribution in [3.05, 3.63) is 65.5 Å². The van der Waals surface area contributed by atoms with E-state index in [0.717, 1.165) is 12.1 Å². The lowest BCUT2D eigenvalue weighted by Gasteiger charge is -2.20. The van der Waals surface area contributed by atoms with Crippen LogP contribution in [-0.4, -0.2) is 43.6 Å². The summed E-state index contributed by atoms with van der Waals surface area (Å²) in [5, 5.41) is 20.2. The lowest BCUT2D eigenvalue weighted by Crippen LogP contribution is -2.16. The van der Waals surface area contributed by atoms with E-state index >= 15 is 0 Å². The summed E-state index contributed by atoms with van der Waals surface area (Å²) in [7, 11) is -10.2. The summed E-state index contributed by atoms with van der Waals surface area (Å²) in [6.07, 6.45) is 5.25. The molecule has 7 N–H and O–H groups in total. The van der Waals surface area contributed by atoms with Crippen LogP contribution in [0.3, 0.4) is 0 Å². The SMILES string of the molecule is C#CCNC(=C)c1ccc(-c2c3ccc(=N)c(S(=O)(=O)O)c-3oc3c(S(=O)(=O)O)c(N)ccc23)c(C(=O)O)c1. The number of carboxylic acids is 1. The van der Waals surface area contributed by atoms with Gasteiger partial charge in [-0.15, -0.1) is 6.42 Å². The second-order valence-electron chi connectivity index (χ2n) is 8.21. The number of hydrogen-bond acceptors (Lipinski definition) is 9. The maximum Gasteiger partial charge on any atom is 0.336 e. The highest BCUT2D eigenvalue weighted by molar-refractivity contribution is 7.86. The van der Waals surface area contributed by atoms with Crippen LogP contribution in [0.4, 0.5) is 5.69 Å². The third-order valence-electron chi connectivity index (χ3n) is 5.79. The number of terminal acetylenes is 1. The smallest absolute Gasteiger partial charge is 0.336 e. The van der Waals surface area contributed by atoms with Gasteiger partial charge in [0.05, 0.1) is 23.2 Å². The number of fused-ring (bicyclic) bond motifs is 2. The van der Waals surface area contributed by atoms with Crippen LogP contribution in [-0.2, 0) is 20.2 Å². The van der Waals surface area contributed by atoms with Gasteiger partial charge in [0.2, 0.25) is 0 Å². The third-order valence-corrected chi connectivity index (χ3v) is 7.64. The number of nitrogens with one attached hydrogen (secondary N) is 2. The van der Waals surface area contributed by atoms with E-state index in [1.165, 1.54) is 30.3 Å². The highest BCUT2D eigenvalue weighted by Crippen LogP contribution is 2.45. The fraction of sp³-hybridized carbons (Fsp3) is 0.0400. The van der Waals surface area contributed by atoms with E-state index in [4.69, 9.17) is 22.0 Å². The molecule has 2 aromatic carbocycles. The number of hydrogen-bond donors (Lipinski definition) is 6. The Morgan fingerprint density at radius 1 is 1.05 bits per heavy atom. The monoisotopic (exact) mass is 569 g/mol. The molecule has 1 aliphatic heterocycles. The van der Waals surface area contributed by atoms with Crippen molar-refractivity contribution in [1.82, 2.24) is 5.32 Å². The normalized spacial score (nSPS) is 11.8. The van der Waals surface area contributed by atoms with Crippen LogP contribution in [0.2, 0.25) is 0 Å². The molecular formula is C25H19N3O9S2. The number of benzene rings is 3. The second-order valence-corrected chi connectivity index (χ2v) is 10.9. The minimum absolute atomic E-state index is 0.0214. The summed E-state index contributed by atoms with van der Waals surface area (Å²) in [5.41, 5.74) is 4.94. The van der Waals surface area contributed by atoms with Crippen molar-refractivity contribution in [2.75, 3.05) is 12.3 Å². The molecule has 0 bridgehead atoms. The summed E-state index contributed by atoms with van der Waals surface area (Å²) >= 11 is 0. The minimum atomic E-state index is -5.12. The lowest BCUT2D eigenvalue weighted by molar-refractivity contribution is 0.0697. The van der Waals surface area contributed by atoms with Crippen molar-refractivity contribution >= 4 is 48.6 Å². The van der Waals surface area contributed by atoms with Gasteiger partial charge < -0.3 is 20.6 Å². The summed E-state index contributed by atoms with van der Waals surface area (Å²) < 4.78 is 74.4. The van der Waals surface area contributed by atoms with E-state index in [9.17, 15) is 35.8 Å². The zero-order valence-electron chi connectivity index (χ0n) is 19.7. The van der Waals surface area contributed by atoms with E-state index < -0.39 is 58.4 Å². The molecule has 0 amide bonds. The van der Waals surface area contributed by atoms with Gasteiger partial charge in [-0.05, 0) is 41.5 Å². The van der Waals surface area contributed by atoms with Crippen LogP contribution < -0.4 is 16.4 Å². The molecule has 2 aromatic rings. The third kappa shape index (κ3) is 4.82. The quantitative estimate of drug-likeness (QED) is 0.0821. The van der Waals surface area contributed by atoms with Crippen molar-refractivity contribution in [3.8, 4) is 34.8 Å². The number of carboxylic acid groups (broad SMARTS) is 1. The molecule has 0 saturated heterocycles. The first-order valence-electron chi connectivity index (χ1n) is 10.7. The van der Waals surface area contributed by atoms with Crippen molar-refractivity contribution < 1.29 is 40.3 Å². The summed E-state index contributed by atoms with van der Waals surface area (Å²) in [4.78, 5) is 10.5. The lowest BCUT2D eigenvalue weighted by atomic mass is 9.89. The van der Waals surface area contributed by atoms with Gasteiger partial charge in [-0.1, -0.05) is 24.6 Å². The molecule has 0 spiro atoms. The molecule has 0 aromatic heterocycles. The molecule has 1 aliphatic carbocycles. The first kappa shape index (κ1) is 27.4. The van der Waals surface area contributed by atoms with Gasteiger partial charge in [0, 0.05) is 22.2 Å². The number of nitrogen functional groups attached to an aromatic ring is 1. The number of aromatic carboxylic acids is 1. The highest BCUT2D eigenvalue weighted by atomic mass is 32.2. The zero-order chi connectivity index (χ0) is 28.9. The Balaban J connectivity index is 2.26. The summed E-state index contributed by atoms with van der Waals surface area (Å²) in [6.45, 7) is 3.94. The van der Waals surface area contributed by atoms with Crippen LogP contribution >= 0.6 is 0 Å². The summed E-state index contributed by atoms with van der Waals surface area (Å²) in [6, 6.07) is 8.87. The number of nitrogens with two attached hydrogens (primary N) is 1. The molecule has 0 fully saturated rings. The molecule has 1 heterocycles. The first-order valence-corrected chi connectivity index (χ1v) is 13.6. The van der Waals surface area contributed by atoms with Crippen LogP contribution in [0.1, 0.15) is 15.9 Å². The fourth-order valence-electron chi connectivity index (χ4n) is 4.18. The maximum absolute atomic E-state index is 12.4. The Hall–Kier alpha value is -4.68. The molecule has 2 aliphatic rings. The Morgan fingerprint density at radius 3 is 2.28 bits per heavy atom. The van der Waals surface area contributed by atoms with Gasteiger partial charge in [-0.25, -0.2) is 4.79 Å². The van der Waals surface area contributed by atoms with Crippen molar-refractivity contribution in [2.45, 2.75) is 9.79 Å². The second kappa shape index (κ2) is 9.57. The Morgan fingerprint density at radius 2 is 1.69 bits per heavy atom. The van der Waals surface area contributed by atoms with Crippen LogP contribution in [0.5, 0.6) is 0 Å². The van der Waals surface area contributed by atoms with Gasteiger partial charge in [0.15, 0.2) is 21.1 Å². The topological polar surface area (TPSA) is 221 Å². The zero-order valence-corrected chi connectivity index (χ0v) is 21.4. The van der Waals surface area contributed by atoms with Gasteiger partial charge in [0.1, 0.15) is 0 Å². The molecule has 0 atom stereocenters. The average molecular weight is 570 g/mol. The van der Waals surface area contributed by atoms with E-state index in [2.05, 4.69) is 17.8 Å². The van der Waals surface area contributed by atoms with Gasteiger partial charge in [0.25, 0.3) is 20.2 Å². The number of anilines is 1. The molecule has 39 heavy (non-hydrogen) atoms. The first-order chi connectivity index (χ1) is 18.2. The van der Waals surface area contributed by atoms with Crippen molar-refractivity contribution in [3.63, 3.8) is 0 Å². The fourth-order valence-corrected chi connectivity index (χ4v) is 5.67. The molecule has 0 saturated carbocycles. The molecule has 200 valence electrons. The average Bonchev–Trinajstić information content (AvgIpc) is 2.83. The van der Waals surface area contributed by atoms with Crippen LogP contribution in [0.25, 0.3) is 39.1 Å². The van der Waals surface area contributed by atoms with Gasteiger partial charge in [-0.2, -0.15) is 16.8 Å². The van der Waals surface area contributed by atoms with Gasteiger partial charge in [-0.3, -0.25) is 14.5 Å². The van der Waals surface area contributed by atoms with E-state index in [-0.39, 0.29) is 34.2 Å². The molecule has 14 heteroatoms. The van der Waals surface area contributed by atoms with Gasteiger partial charge >= 0.3 is 5.97 Å². The van der Waals surface area contributed by atoms with Crippen LogP contribution in [0.15, 0.2) is 63.3 Å². The number of rotatable bonds is 7. The van der Waals surface area contributed by atoms with E-state index in [1.54, 1.807) is 0 Å². The summed E-state index contributed by atoms with van der Waals surface area (Å²) in [5.74, 6) is 0.294. The highest BCUT2D eigenvalue weighted by Gasteiger charge is 2.31. The largest absolute Gasteiger partial charge is 0.478 e. The molecule has 12 nitrogen and oxygen atoms in total. The molecule has 0 unspecified atom stereocenters. The Labute approximate surface area is 221 Å². The van der Waals surface area contributed by atoms with E-state index in [1.807, 2.05) is 0 Å². The molecule has 4 rings (SSSR count). The molecular weight excluding hydrogens is 550 g/mol.